The molecule has 0 bridgehead atoms. The van der Waals surface area contributed by atoms with Gasteiger partial charge >= 0.3 is 0 Å². The number of likely N-dealkylation sites (N-methyl/N-ethyl adjacent to an activating group) is 1. The number of nitrogens with two attached hydrogens (primary N) is 1. The van der Waals surface area contributed by atoms with Crippen LogP contribution in [0.4, 0.5) is 0 Å². The van der Waals surface area contributed by atoms with E-state index < -0.39 is 5.54 Å². The first-order chi connectivity index (χ1) is 9.95. The highest BCUT2D eigenvalue weighted by Crippen LogP contribution is 2.33. The summed E-state index contributed by atoms with van der Waals surface area (Å²) >= 11 is 0. The number of primary amides is 1. The van der Waals surface area contributed by atoms with E-state index in [2.05, 4.69) is 37.9 Å². The van der Waals surface area contributed by atoms with E-state index in [9.17, 15) is 4.79 Å². The molecule has 21 heavy (non-hydrogen) atoms. The summed E-state index contributed by atoms with van der Waals surface area (Å²) in [5.74, 6) is 1.27. The molecular formula is C17H35N3O. The lowest BCUT2D eigenvalue weighted by molar-refractivity contribution is -0.125. The molecule has 4 heteroatoms. The molecule has 4 nitrogen and oxygen atoms in total. The first-order valence-corrected chi connectivity index (χ1v) is 8.72. The van der Waals surface area contributed by atoms with Crippen molar-refractivity contribution in [1.82, 2.24) is 10.2 Å². The van der Waals surface area contributed by atoms with Crippen LogP contribution < -0.4 is 11.1 Å². The number of nitrogens with zero attached hydrogens (tertiary/aromatic N) is 1. The Labute approximate surface area is 130 Å². The Balaban J connectivity index is 2.60. The van der Waals surface area contributed by atoms with Gasteiger partial charge in [0.15, 0.2) is 0 Å². The third-order valence-electron chi connectivity index (χ3n) is 5.32. The summed E-state index contributed by atoms with van der Waals surface area (Å²) in [7, 11) is 0. The lowest BCUT2D eigenvalue weighted by atomic mass is 9.86. The van der Waals surface area contributed by atoms with Gasteiger partial charge in [-0.15, -0.1) is 0 Å². The minimum atomic E-state index is -0.475. The SMILES string of the molecule is CCN(CC)CCNC1(C(N)=O)CCCC(C(C)C)CC1. The number of hydrogen-bond acceptors (Lipinski definition) is 3. The summed E-state index contributed by atoms with van der Waals surface area (Å²) < 4.78 is 0. The van der Waals surface area contributed by atoms with Crippen molar-refractivity contribution < 1.29 is 4.79 Å². The van der Waals surface area contributed by atoms with Crippen molar-refractivity contribution in [2.24, 2.45) is 17.6 Å². The summed E-state index contributed by atoms with van der Waals surface area (Å²) in [5, 5.41) is 3.52. The molecule has 1 aliphatic rings. The molecule has 1 rings (SSSR count). The Kier molecular flexibility index (Phi) is 7.67. The predicted octanol–water partition coefficient (Wildman–Crippen LogP) is 2.38. The zero-order chi connectivity index (χ0) is 15.9. The Morgan fingerprint density at radius 2 is 1.95 bits per heavy atom. The standard InChI is InChI=1S/C17H35N3O/c1-5-20(6-2)13-12-19-17(16(18)21)10-7-8-15(9-11-17)14(3)4/h14-15,19H,5-13H2,1-4H3,(H2,18,21). The number of rotatable bonds is 8. The molecule has 0 spiro atoms. The summed E-state index contributed by atoms with van der Waals surface area (Å²) in [4.78, 5) is 14.4. The Hall–Kier alpha value is -0.610. The van der Waals surface area contributed by atoms with Crippen molar-refractivity contribution in [2.45, 2.75) is 65.3 Å². The summed E-state index contributed by atoms with van der Waals surface area (Å²) in [6, 6.07) is 0. The molecule has 1 fully saturated rings. The van der Waals surface area contributed by atoms with Crippen molar-refractivity contribution in [3.05, 3.63) is 0 Å². The van der Waals surface area contributed by atoms with Crippen molar-refractivity contribution in [3.8, 4) is 0 Å². The Bertz CT molecular complexity index is 315. The second-order valence-corrected chi connectivity index (χ2v) is 6.84. The van der Waals surface area contributed by atoms with Gasteiger partial charge in [-0.2, -0.15) is 0 Å². The fraction of sp³-hybridized carbons (Fsp3) is 0.941. The molecule has 124 valence electrons. The van der Waals surface area contributed by atoms with Crippen LogP contribution in [-0.4, -0.2) is 42.5 Å². The molecule has 3 N–H and O–H groups in total. The van der Waals surface area contributed by atoms with Crippen molar-refractivity contribution in [2.75, 3.05) is 26.2 Å². The normalized spacial score (nSPS) is 27.0. The fourth-order valence-electron chi connectivity index (χ4n) is 3.54. The minimum absolute atomic E-state index is 0.161. The van der Waals surface area contributed by atoms with Gasteiger partial charge in [-0.3, -0.25) is 4.79 Å². The molecule has 0 aromatic heterocycles. The summed E-state index contributed by atoms with van der Waals surface area (Å²) in [5.41, 5.74) is 5.28. The summed E-state index contributed by atoms with van der Waals surface area (Å²) in [6.07, 6.45) is 5.22. The van der Waals surface area contributed by atoms with Crippen LogP contribution in [0.1, 0.15) is 59.8 Å². The van der Waals surface area contributed by atoms with E-state index in [0.717, 1.165) is 57.8 Å². The molecule has 1 saturated carbocycles. The molecule has 2 unspecified atom stereocenters. The van der Waals surface area contributed by atoms with E-state index in [1.165, 1.54) is 6.42 Å². The van der Waals surface area contributed by atoms with E-state index in [1.54, 1.807) is 0 Å². The Morgan fingerprint density at radius 3 is 2.48 bits per heavy atom. The lowest BCUT2D eigenvalue weighted by Gasteiger charge is -2.32. The number of carbonyl (C=O) groups excluding carboxylic acids is 1. The van der Waals surface area contributed by atoms with Gasteiger partial charge in [0.1, 0.15) is 0 Å². The smallest absolute Gasteiger partial charge is 0.237 e. The summed E-state index contributed by atoms with van der Waals surface area (Å²) in [6.45, 7) is 12.9. The van der Waals surface area contributed by atoms with E-state index in [1.807, 2.05) is 0 Å². The van der Waals surface area contributed by atoms with Gasteiger partial charge in [-0.05, 0) is 44.2 Å². The van der Waals surface area contributed by atoms with Crippen molar-refractivity contribution in [3.63, 3.8) is 0 Å². The van der Waals surface area contributed by atoms with Gasteiger partial charge in [-0.25, -0.2) is 0 Å². The second kappa shape index (κ2) is 8.74. The average molecular weight is 297 g/mol. The van der Waals surface area contributed by atoms with E-state index in [4.69, 9.17) is 5.73 Å². The molecule has 0 heterocycles. The average Bonchev–Trinajstić information content (AvgIpc) is 2.67. The third kappa shape index (κ3) is 5.26. The molecule has 0 aromatic rings. The molecule has 1 amide bonds. The maximum Gasteiger partial charge on any atom is 0.237 e. The predicted molar refractivity (Wildman–Crippen MR) is 89.1 cm³/mol. The van der Waals surface area contributed by atoms with Crippen LogP contribution in [0, 0.1) is 11.8 Å². The highest BCUT2D eigenvalue weighted by atomic mass is 16.1. The highest BCUT2D eigenvalue weighted by molar-refractivity contribution is 5.84. The monoisotopic (exact) mass is 297 g/mol. The zero-order valence-electron chi connectivity index (χ0n) is 14.5. The molecule has 2 atom stereocenters. The topological polar surface area (TPSA) is 58.4 Å². The van der Waals surface area contributed by atoms with E-state index >= 15 is 0 Å². The molecular weight excluding hydrogens is 262 g/mol. The second-order valence-electron chi connectivity index (χ2n) is 6.84. The first kappa shape index (κ1) is 18.4. The molecule has 0 aliphatic heterocycles. The van der Waals surface area contributed by atoms with Crippen LogP contribution in [0.5, 0.6) is 0 Å². The van der Waals surface area contributed by atoms with Crippen LogP contribution in [-0.2, 0) is 4.79 Å². The molecule has 0 aromatic carbocycles. The molecule has 1 aliphatic carbocycles. The van der Waals surface area contributed by atoms with Crippen molar-refractivity contribution >= 4 is 5.91 Å². The van der Waals surface area contributed by atoms with Crippen LogP contribution in [0.15, 0.2) is 0 Å². The van der Waals surface area contributed by atoms with Crippen molar-refractivity contribution in [1.29, 1.82) is 0 Å². The van der Waals surface area contributed by atoms with E-state index in [0.29, 0.717) is 5.92 Å². The minimum Gasteiger partial charge on any atom is -0.368 e. The number of nitrogens with one attached hydrogen (secondary N) is 1. The number of amides is 1. The maximum absolute atomic E-state index is 12.1. The highest BCUT2D eigenvalue weighted by Gasteiger charge is 2.38. The number of hydrogen-bond donors (Lipinski definition) is 2. The first-order valence-electron chi connectivity index (χ1n) is 8.72. The quantitative estimate of drug-likeness (QED) is 0.676. The number of carbonyl (C=O) groups is 1. The maximum atomic E-state index is 12.1. The lowest BCUT2D eigenvalue weighted by Crippen LogP contribution is -2.56. The van der Waals surface area contributed by atoms with Gasteiger partial charge in [0.2, 0.25) is 5.91 Å². The van der Waals surface area contributed by atoms with Gasteiger partial charge in [0.25, 0.3) is 0 Å². The van der Waals surface area contributed by atoms with Crippen LogP contribution >= 0.6 is 0 Å². The third-order valence-corrected chi connectivity index (χ3v) is 5.32. The van der Waals surface area contributed by atoms with Gasteiger partial charge in [-0.1, -0.05) is 40.5 Å². The van der Waals surface area contributed by atoms with Gasteiger partial charge in [0.05, 0.1) is 5.54 Å². The largest absolute Gasteiger partial charge is 0.368 e. The zero-order valence-corrected chi connectivity index (χ0v) is 14.5. The molecule has 0 radical (unpaired) electrons. The van der Waals surface area contributed by atoms with E-state index in [-0.39, 0.29) is 5.91 Å². The van der Waals surface area contributed by atoms with Crippen LogP contribution in [0.3, 0.4) is 0 Å². The molecule has 0 saturated heterocycles. The Morgan fingerprint density at radius 1 is 1.29 bits per heavy atom. The van der Waals surface area contributed by atoms with Crippen LogP contribution in [0.2, 0.25) is 0 Å². The van der Waals surface area contributed by atoms with Gasteiger partial charge in [0, 0.05) is 13.1 Å². The van der Waals surface area contributed by atoms with Gasteiger partial charge < -0.3 is 16.0 Å². The van der Waals surface area contributed by atoms with Crippen LogP contribution in [0.25, 0.3) is 0 Å². The fourth-order valence-corrected chi connectivity index (χ4v) is 3.54.